The molecule has 1 aliphatic heterocycles. The van der Waals surface area contributed by atoms with Crippen LogP contribution in [0.15, 0.2) is 16.7 Å². The lowest BCUT2D eigenvalue weighted by molar-refractivity contribution is 0.329. The van der Waals surface area contributed by atoms with Crippen LogP contribution in [0, 0.1) is 11.3 Å². The summed E-state index contributed by atoms with van der Waals surface area (Å²) in [4.78, 5) is 12.7. The SMILES string of the molecule is CN(C)c1noc(C2CCN(c3ccc(Cl)c(C#N)n3)CC2)n1. The van der Waals surface area contributed by atoms with Crippen molar-refractivity contribution < 1.29 is 4.52 Å². The van der Waals surface area contributed by atoms with Crippen molar-refractivity contribution in [3.05, 3.63) is 28.7 Å². The second-order valence-corrected chi connectivity index (χ2v) is 6.11. The van der Waals surface area contributed by atoms with Gasteiger partial charge in [0.25, 0.3) is 5.95 Å². The number of aromatic nitrogens is 3. The molecule has 0 atom stereocenters. The molecule has 0 aliphatic carbocycles. The number of halogens is 1. The van der Waals surface area contributed by atoms with Gasteiger partial charge in [0.1, 0.15) is 11.9 Å². The Bertz CT molecular complexity index is 730. The molecule has 7 nitrogen and oxygen atoms in total. The van der Waals surface area contributed by atoms with E-state index in [0.717, 1.165) is 31.7 Å². The zero-order valence-corrected chi connectivity index (χ0v) is 13.8. The first kappa shape index (κ1) is 15.6. The van der Waals surface area contributed by atoms with Crippen LogP contribution < -0.4 is 9.80 Å². The third kappa shape index (κ3) is 3.22. The minimum Gasteiger partial charge on any atom is -0.357 e. The van der Waals surface area contributed by atoms with Crippen LogP contribution in [0.2, 0.25) is 5.02 Å². The fourth-order valence-electron chi connectivity index (χ4n) is 2.62. The van der Waals surface area contributed by atoms with E-state index >= 15 is 0 Å². The van der Waals surface area contributed by atoms with Gasteiger partial charge in [-0.1, -0.05) is 11.6 Å². The average Bonchev–Trinajstić information content (AvgIpc) is 3.06. The minimum absolute atomic E-state index is 0.259. The number of pyridine rings is 1. The highest BCUT2D eigenvalue weighted by Gasteiger charge is 2.26. The van der Waals surface area contributed by atoms with Crippen molar-refractivity contribution in [3.8, 4) is 6.07 Å². The fraction of sp³-hybridized carbons (Fsp3) is 0.467. The van der Waals surface area contributed by atoms with Gasteiger partial charge in [0.15, 0.2) is 5.69 Å². The van der Waals surface area contributed by atoms with Crippen molar-refractivity contribution in [1.29, 1.82) is 5.26 Å². The number of nitrogens with zero attached hydrogens (tertiary/aromatic N) is 6. The lowest BCUT2D eigenvalue weighted by Crippen LogP contribution is -2.33. The van der Waals surface area contributed by atoms with Gasteiger partial charge >= 0.3 is 0 Å². The molecule has 0 radical (unpaired) electrons. The van der Waals surface area contributed by atoms with Crippen LogP contribution in [0.3, 0.4) is 0 Å². The van der Waals surface area contributed by atoms with E-state index < -0.39 is 0 Å². The number of hydrogen-bond donors (Lipinski definition) is 0. The quantitative estimate of drug-likeness (QED) is 0.853. The molecule has 23 heavy (non-hydrogen) atoms. The summed E-state index contributed by atoms with van der Waals surface area (Å²) in [6.45, 7) is 1.65. The molecule has 2 aromatic heterocycles. The van der Waals surface area contributed by atoms with Crippen molar-refractivity contribution in [2.24, 2.45) is 0 Å². The van der Waals surface area contributed by atoms with Gasteiger partial charge in [-0.3, -0.25) is 0 Å². The molecule has 0 saturated carbocycles. The standard InChI is InChI=1S/C15H17ClN6O/c1-21(2)15-19-14(23-20-15)10-5-7-22(8-6-10)13-4-3-11(16)12(9-17)18-13/h3-4,10H,5-8H2,1-2H3. The first-order chi connectivity index (χ1) is 11.1. The molecule has 1 fully saturated rings. The van der Waals surface area contributed by atoms with E-state index in [9.17, 15) is 0 Å². The molecule has 3 rings (SSSR count). The second kappa shape index (κ2) is 6.42. The Morgan fingerprint density at radius 1 is 1.30 bits per heavy atom. The number of anilines is 2. The summed E-state index contributed by atoms with van der Waals surface area (Å²) in [5.41, 5.74) is 0.263. The molecular weight excluding hydrogens is 316 g/mol. The van der Waals surface area contributed by atoms with Gasteiger partial charge in [0, 0.05) is 33.1 Å². The Morgan fingerprint density at radius 2 is 2.04 bits per heavy atom. The third-order valence-electron chi connectivity index (χ3n) is 3.94. The lowest BCUT2D eigenvalue weighted by atomic mass is 9.97. The van der Waals surface area contributed by atoms with Crippen molar-refractivity contribution in [1.82, 2.24) is 15.1 Å². The fourth-order valence-corrected chi connectivity index (χ4v) is 2.76. The zero-order chi connectivity index (χ0) is 16.4. The third-order valence-corrected chi connectivity index (χ3v) is 4.24. The zero-order valence-electron chi connectivity index (χ0n) is 13.0. The first-order valence-corrected chi connectivity index (χ1v) is 7.79. The van der Waals surface area contributed by atoms with Gasteiger partial charge in [0.05, 0.1) is 5.02 Å². The molecule has 0 N–H and O–H groups in total. The molecule has 8 heteroatoms. The lowest BCUT2D eigenvalue weighted by Gasteiger charge is -2.31. The van der Waals surface area contributed by atoms with E-state index in [1.165, 1.54) is 0 Å². The minimum atomic E-state index is 0.259. The summed E-state index contributed by atoms with van der Waals surface area (Å²) in [5.74, 6) is 2.33. The van der Waals surface area contributed by atoms with Crippen LogP contribution in [0.25, 0.3) is 0 Å². The second-order valence-electron chi connectivity index (χ2n) is 5.70. The van der Waals surface area contributed by atoms with Gasteiger partial charge < -0.3 is 14.3 Å². The molecule has 120 valence electrons. The van der Waals surface area contributed by atoms with E-state index in [2.05, 4.69) is 20.0 Å². The molecule has 1 aliphatic rings. The highest BCUT2D eigenvalue weighted by molar-refractivity contribution is 6.31. The van der Waals surface area contributed by atoms with Crippen molar-refractivity contribution >= 4 is 23.4 Å². The monoisotopic (exact) mass is 332 g/mol. The summed E-state index contributed by atoms with van der Waals surface area (Å²) in [6.07, 6.45) is 1.81. The maximum absolute atomic E-state index is 9.03. The van der Waals surface area contributed by atoms with E-state index in [1.807, 2.05) is 31.1 Å². The van der Waals surface area contributed by atoms with Gasteiger partial charge in [-0.05, 0) is 30.1 Å². The number of rotatable bonds is 3. The summed E-state index contributed by atoms with van der Waals surface area (Å²) in [5, 5.41) is 13.4. The molecule has 0 amide bonds. The Kier molecular flexibility index (Phi) is 4.35. The van der Waals surface area contributed by atoms with E-state index in [1.54, 1.807) is 6.07 Å². The topological polar surface area (TPSA) is 82.1 Å². The van der Waals surface area contributed by atoms with Gasteiger partial charge in [-0.2, -0.15) is 10.2 Å². The number of nitriles is 1. The Morgan fingerprint density at radius 3 is 2.65 bits per heavy atom. The summed E-state index contributed by atoms with van der Waals surface area (Å²) < 4.78 is 5.36. The number of hydrogen-bond acceptors (Lipinski definition) is 7. The molecule has 3 heterocycles. The Balaban J connectivity index is 1.67. The largest absolute Gasteiger partial charge is 0.357 e. The van der Waals surface area contributed by atoms with Crippen LogP contribution in [0.5, 0.6) is 0 Å². The first-order valence-electron chi connectivity index (χ1n) is 7.41. The molecule has 0 aromatic carbocycles. The normalized spacial score (nSPS) is 15.5. The summed E-state index contributed by atoms with van der Waals surface area (Å²) in [6, 6.07) is 5.58. The Hall–Kier alpha value is -2.33. The highest BCUT2D eigenvalue weighted by Crippen LogP contribution is 2.30. The van der Waals surface area contributed by atoms with Gasteiger partial charge in [-0.15, -0.1) is 0 Å². The molecule has 1 saturated heterocycles. The van der Waals surface area contributed by atoms with E-state index in [-0.39, 0.29) is 11.6 Å². The van der Waals surface area contributed by atoms with Crippen molar-refractivity contribution in [2.45, 2.75) is 18.8 Å². The number of piperidine rings is 1. The molecule has 0 spiro atoms. The predicted octanol–water partition coefficient (Wildman–Crippen LogP) is 2.44. The van der Waals surface area contributed by atoms with Crippen LogP contribution in [-0.4, -0.2) is 42.3 Å². The Labute approximate surface area is 139 Å². The molecule has 2 aromatic rings. The van der Waals surface area contributed by atoms with Crippen LogP contribution in [-0.2, 0) is 0 Å². The van der Waals surface area contributed by atoms with Crippen LogP contribution >= 0.6 is 11.6 Å². The molecule has 0 bridgehead atoms. The van der Waals surface area contributed by atoms with Crippen LogP contribution in [0.1, 0.15) is 30.3 Å². The maximum atomic E-state index is 9.03. The highest BCUT2D eigenvalue weighted by atomic mass is 35.5. The van der Waals surface area contributed by atoms with Crippen LogP contribution in [0.4, 0.5) is 11.8 Å². The van der Waals surface area contributed by atoms with Crippen molar-refractivity contribution in [2.75, 3.05) is 37.0 Å². The maximum Gasteiger partial charge on any atom is 0.265 e. The van der Waals surface area contributed by atoms with Gasteiger partial charge in [0.2, 0.25) is 5.89 Å². The summed E-state index contributed by atoms with van der Waals surface area (Å²) >= 11 is 5.93. The predicted molar refractivity (Wildman–Crippen MR) is 86.8 cm³/mol. The van der Waals surface area contributed by atoms with E-state index in [4.69, 9.17) is 21.4 Å². The molecule has 0 unspecified atom stereocenters. The smallest absolute Gasteiger partial charge is 0.265 e. The average molecular weight is 333 g/mol. The molecular formula is C15H17ClN6O. The van der Waals surface area contributed by atoms with Crippen molar-refractivity contribution in [3.63, 3.8) is 0 Å². The van der Waals surface area contributed by atoms with Gasteiger partial charge in [-0.25, -0.2) is 4.98 Å². The van der Waals surface area contributed by atoms with E-state index in [0.29, 0.717) is 16.9 Å². The summed E-state index contributed by atoms with van der Waals surface area (Å²) in [7, 11) is 3.77.